The van der Waals surface area contributed by atoms with E-state index in [2.05, 4.69) is 5.32 Å². The molecule has 178 valence electrons. The first-order valence-corrected chi connectivity index (χ1v) is 12.7. The molecule has 2 aliphatic heterocycles. The van der Waals surface area contributed by atoms with Crippen LogP contribution in [0, 0.1) is 5.92 Å². The summed E-state index contributed by atoms with van der Waals surface area (Å²) in [6, 6.07) is 19.7. The molecule has 8 heteroatoms. The maximum Gasteiger partial charge on any atom is 0.243 e. The van der Waals surface area contributed by atoms with Crippen LogP contribution in [0.15, 0.2) is 71.6 Å². The van der Waals surface area contributed by atoms with Gasteiger partial charge in [-0.15, -0.1) is 0 Å². The lowest BCUT2D eigenvalue weighted by molar-refractivity contribution is 0.210. The smallest absolute Gasteiger partial charge is 0.243 e. The Bertz CT molecular complexity index is 1310. The van der Waals surface area contributed by atoms with E-state index < -0.39 is 10.0 Å². The molecule has 0 unspecified atom stereocenters. The molecule has 0 amide bonds. The molecule has 1 saturated heterocycles. The van der Waals surface area contributed by atoms with Gasteiger partial charge < -0.3 is 19.9 Å². The number of hydrogen-bond donors (Lipinski definition) is 2. The third-order valence-electron chi connectivity index (χ3n) is 6.89. The molecule has 3 aromatic carbocycles. The van der Waals surface area contributed by atoms with Gasteiger partial charge in [0.05, 0.1) is 37.8 Å². The van der Waals surface area contributed by atoms with Gasteiger partial charge in [-0.25, -0.2) is 8.42 Å². The van der Waals surface area contributed by atoms with E-state index in [0.717, 1.165) is 28.1 Å². The van der Waals surface area contributed by atoms with Gasteiger partial charge >= 0.3 is 0 Å². The highest BCUT2D eigenvalue weighted by Crippen LogP contribution is 2.49. The molecule has 2 heterocycles. The molecule has 5 rings (SSSR count). The first-order valence-electron chi connectivity index (χ1n) is 11.3. The van der Waals surface area contributed by atoms with Crippen molar-refractivity contribution < 1.29 is 23.0 Å². The van der Waals surface area contributed by atoms with Gasteiger partial charge in [-0.3, -0.25) is 0 Å². The molecule has 34 heavy (non-hydrogen) atoms. The fourth-order valence-corrected chi connectivity index (χ4v) is 6.94. The van der Waals surface area contributed by atoms with Crippen LogP contribution in [0.25, 0.3) is 11.1 Å². The summed E-state index contributed by atoms with van der Waals surface area (Å²) >= 11 is 0. The summed E-state index contributed by atoms with van der Waals surface area (Å²) in [6.07, 6.45) is 0.657. The number of benzene rings is 3. The fraction of sp³-hybridized carbons (Fsp3) is 0.308. The van der Waals surface area contributed by atoms with E-state index in [-0.39, 0.29) is 29.5 Å². The molecule has 0 spiro atoms. The van der Waals surface area contributed by atoms with Crippen LogP contribution < -0.4 is 14.8 Å². The van der Waals surface area contributed by atoms with Crippen molar-refractivity contribution in [1.29, 1.82) is 0 Å². The second-order valence-electron chi connectivity index (χ2n) is 8.63. The van der Waals surface area contributed by atoms with Gasteiger partial charge in [-0.2, -0.15) is 4.31 Å². The third-order valence-corrected chi connectivity index (χ3v) is 8.77. The molecule has 2 N–H and O–H groups in total. The average Bonchev–Trinajstić information content (AvgIpc) is 3.34. The molecule has 2 aliphatic rings. The number of nitrogens with zero attached hydrogens (tertiary/aromatic N) is 1. The van der Waals surface area contributed by atoms with Crippen molar-refractivity contribution in [3.05, 3.63) is 72.3 Å². The van der Waals surface area contributed by atoms with Crippen LogP contribution in [-0.2, 0) is 10.0 Å². The SMILES string of the molecule is COc1cccc(S(=O)(=O)N2CC[C@@H]3[C@@H](CO)Nc4ccc(-c5ccccc5OC)cc4[C@@H]32)c1. The minimum atomic E-state index is -3.79. The maximum absolute atomic E-state index is 13.8. The minimum absolute atomic E-state index is 0.0502. The van der Waals surface area contributed by atoms with E-state index in [0.29, 0.717) is 18.7 Å². The Morgan fingerprint density at radius 2 is 1.85 bits per heavy atom. The van der Waals surface area contributed by atoms with Gasteiger partial charge in [-0.1, -0.05) is 30.3 Å². The fourth-order valence-electron chi connectivity index (χ4n) is 5.24. The number of ether oxygens (including phenoxy) is 2. The molecule has 7 nitrogen and oxygen atoms in total. The number of fused-ring (bicyclic) bond motifs is 3. The van der Waals surface area contributed by atoms with Gasteiger partial charge in [0.1, 0.15) is 11.5 Å². The van der Waals surface area contributed by atoms with Crippen molar-refractivity contribution in [2.24, 2.45) is 5.92 Å². The van der Waals surface area contributed by atoms with Gasteiger partial charge in [0.15, 0.2) is 0 Å². The molecule has 0 saturated carbocycles. The van der Waals surface area contributed by atoms with Crippen LogP contribution in [0.2, 0.25) is 0 Å². The minimum Gasteiger partial charge on any atom is -0.497 e. The normalized spacial score (nSPS) is 21.9. The van der Waals surface area contributed by atoms with Crippen LogP contribution in [0.1, 0.15) is 18.0 Å². The van der Waals surface area contributed by atoms with Crippen LogP contribution in [0.3, 0.4) is 0 Å². The number of nitrogens with one attached hydrogen (secondary N) is 1. The highest BCUT2D eigenvalue weighted by atomic mass is 32.2. The largest absolute Gasteiger partial charge is 0.497 e. The van der Waals surface area contributed by atoms with Crippen molar-refractivity contribution in [2.75, 3.05) is 32.7 Å². The van der Waals surface area contributed by atoms with Crippen LogP contribution >= 0.6 is 0 Å². The van der Waals surface area contributed by atoms with Gasteiger partial charge in [-0.05, 0) is 47.9 Å². The highest BCUT2D eigenvalue weighted by Gasteiger charge is 2.48. The van der Waals surface area contributed by atoms with Gasteiger partial charge in [0.25, 0.3) is 0 Å². The van der Waals surface area contributed by atoms with Crippen molar-refractivity contribution >= 4 is 15.7 Å². The van der Waals surface area contributed by atoms with E-state index in [1.165, 1.54) is 7.11 Å². The summed E-state index contributed by atoms with van der Waals surface area (Å²) in [5, 5.41) is 13.5. The number of hydrogen-bond acceptors (Lipinski definition) is 6. The van der Waals surface area contributed by atoms with Crippen LogP contribution in [-0.4, -0.2) is 51.2 Å². The van der Waals surface area contributed by atoms with Crippen molar-refractivity contribution in [2.45, 2.75) is 23.4 Å². The number of aliphatic hydroxyl groups is 1. The predicted octanol–water partition coefficient (Wildman–Crippen LogP) is 3.91. The van der Waals surface area contributed by atoms with Crippen LogP contribution in [0.5, 0.6) is 11.5 Å². The molecule has 0 aromatic heterocycles. The molecular formula is C26H28N2O5S. The zero-order chi connectivity index (χ0) is 23.9. The van der Waals surface area contributed by atoms with Crippen molar-refractivity contribution in [3.8, 4) is 22.6 Å². The lowest BCUT2D eigenvalue weighted by atomic mass is 9.82. The number of methoxy groups -OCH3 is 2. The summed E-state index contributed by atoms with van der Waals surface area (Å²) < 4.78 is 40.0. The molecule has 1 fully saturated rings. The zero-order valence-electron chi connectivity index (χ0n) is 19.1. The molecular weight excluding hydrogens is 452 g/mol. The van der Waals surface area contributed by atoms with E-state index in [1.807, 2.05) is 42.5 Å². The highest BCUT2D eigenvalue weighted by molar-refractivity contribution is 7.89. The first-order chi connectivity index (χ1) is 16.5. The Hall–Kier alpha value is -3.07. The monoisotopic (exact) mass is 480 g/mol. The molecule has 3 aromatic rings. The summed E-state index contributed by atoms with van der Waals surface area (Å²) in [7, 11) is -0.628. The van der Waals surface area contributed by atoms with E-state index >= 15 is 0 Å². The average molecular weight is 481 g/mol. The molecule has 0 aliphatic carbocycles. The lowest BCUT2D eigenvalue weighted by Gasteiger charge is -2.39. The predicted molar refractivity (Wildman–Crippen MR) is 131 cm³/mol. The standard InChI is InChI=1S/C26H28N2O5S/c1-32-18-6-5-7-19(15-18)34(30,31)28-13-12-21-24(16-29)27-23-11-10-17(14-22(23)26(21)28)20-8-3-4-9-25(20)33-2/h3-11,14-15,21,24,26-27,29H,12-13,16H2,1-2H3/t21-,24-,26-/m1/s1. The first kappa shape index (κ1) is 22.7. The number of rotatable bonds is 6. The lowest BCUT2D eigenvalue weighted by Crippen LogP contribution is -2.42. The number of para-hydroxylation sites is 1. The van der Waals surface area contributed by atoms with Crippen molar-refractivity contribution in [3.63, 3.8) is 0 Å². The topological polar surface area (TPSA) is 88.1 Å². The van der Waals surface area contributed by atoms with E-state index in [1.54, 1.807) is 35.7 Å². The second kappa shape index (κ2) is 8.94. The maximum atomic E-state index is 13.8. The second-order valence-corrected chi connectivity index (χ2v) is 10.5. The number of aliphatic hydroxyl groups excluding tert-OH is 1. The van der Waals surface area contributed by atoms with E-state index in [9.17, 15) is 13.5 Å². The molecule has 0 radical (unpaired) electrons. The summed E-state index contributed by atoms with van der Waals surface area (Å²) in [4.78, 5) is 0.203. The Morgan fingerprint density at radius 1 is 1.03 bits per heavy atom. The Morgan fingerprint density at radius 3 is 2.62 bits per heavy atom. The Balaban J connectivity index is 1.62. The Labute approximate surface area is 200 Å². The summed E-state index contributed by atoms with van der Waals surface area (Å²) in [5.41, 5.74) is 3.63. The molecule has 0 bridgehead atoms. The third kappa shape index (κ3) is 3.72. The number of sulfonamides is 1. The number of anilines is 1. The summed E-state index contributed by atoms with van der Waals surface area (Å²) in [6.45, 7) is 0.313. The summed E-state index contributed by atoms with van der Waals surface area (Å²) in [5.74, 6) is 1.20. The van der Waals surface area contributed by atoms with Gasteiger partial charge in [0, 0.05) is 29.8 Å². The Kier molecular flexibility index (Phi) is 5.97. The van der Waals surface area contributed by atoms with Crippen molar-refractivity contribution in [1.82, 2.24) is 4.31 Å². The molecule has 3 atom stereocenters. The van der Waals surface area contributed by atoms with Gasteiger partial charge in [0.2, 0.25) is 10.0 Å². The van der Waals surface area contributed by atoms with E-state index in [4.69, 9.17) is 9.47 Å². The van der Waals surface area contributed by atoms with Crippen LogP contribution in [0.4, 0.5) is 5.69 Å². The zero-order valence-corrected chi connectivity index (χ0v) is 20.0. The quantitative estimate of drug-likeness (QED) is 0.556.